The molecule has 1 aliphatic rings. The van der Waals surface area contributed by atoms with E-state index in [4.69, 9.17) is 9.47 Å². The minimum absolute atomic E-state index is 0.216. The van der Waals surface area contributed by atoms with Gasteiger partial charge in [0.15, 0.2) is 5.13 Å². The SMILES string of the molecule is Cc1cccnc1Nc1nc(-c2ccc(OC3CCOCC3)cn2)cs1. The summed E-state index contributed by atoms with van der Waals surface area (Å²) >= 11 is 1.53. The summed E-state index contributed by atoms with van der Waals surface area (Å²) in [5.41, 5.74) is 2.74. The smallest absolute Gasteiger partial charge is 0.188 e. The minimum Gasteiger partial charge on any atom is -0.489 e. The molecule has 0 radical (unpaired) electrons. The zero-order chi connectivity index (χ0) is 17.8. The van der Waals surface area contributed by atoms with Crippen molar-refractivity contribution in [3.05, 3.63) is 47.6 Å². The minimum atomic E-state index is 0.216. The van der Waals surface area contributed by atoms with Crippen LogP contribution in [0.5, 0.6) is 5.75 Å². The molecule has 26 heavy (non-hydrogen) atoms. The van der Waals surface area contributed by atoms with Crippen LogP contribution in [0.4, 0.5) is 10.9 Å². The van der Waals surface area contributed by atoms with E-state index >= 15 is 0 Å². The molecule has 7 heteroatoms. The predicted octanol–water partition coefficient (Wildman–Crippen LogP) is 4.21. The molecule has 1 aliphatic heterocycles. The van der Waals surface area contributed by atoms with Crippen LogP contribution in [-0.2, 0) is 4.74 Å². The molecule has 4 rings (SSSR count). The van der Waals surface area contributed by atoms with Gasteiger partial charge in [-0.2, -0.15) is 0 Å². The molecular formula is C19H20N4O2S. The lowest BCUT2D eigenvalue weighted by molar-refractivity contribution is 0.0254. The standard InChI is InChI=1S/C19H20N4O2S/c1-13-3-2-8-20-18(13)23-19-22-17(12-26-19)16-5-4-15(11-21-16)25-14-6-9-24-10-7-14/h2-5,8,11-12,14H,6-7,9-10H2,1H3,(H,20,22,23). The maximum Gasteiger partial charge on any atom is 0.188 e. The van der Waals surface area contributed by atoms with Crippen molar-refractivity contribution in [3.8, 4) is 17.1 Å². The number of rotatable bonds is 5. The Morgan fingerprint density at radius 3 is 2.81 bits per heavy atom. The molecule has 0 saturated carbocycles. The van der Waals surface area contributed by atoms with Gasteiger partial charge >= 0.3 is 0 Å². The van der Waals surface area contributed by atoms with Gasteiger partial charge in [0.05, 0.1) is 25.1 Å². The monoisotopic (exact) mass is 368 g/mol. The third-order valence-corrected chi connectivity index (χ3v) is 4.97. The summed E-state index contributed by atoms with van der Waals surface area (Å²) in [5.74, 6) is 1.61. The van der Waals surface area contributed by atoms with Gasteiger partial charge in [0.1, 0.15) is 23.4 Å². The summed E-state index contributed by atoms with van der Waals surface area (Å²) in [7, 11) is 0. The van der Waals surface area contributed by atoms with Crippen LogP contribution in [0.3, 0.4) is 0 Å². The molecule has 6 nitrogen and oxygen atoms in total. The van der Waals surface area contributed by atoms with Crippen LogP contribution in [0.1, 0.15) is 18.4 Å². The van der Waals surface area contributed by atoms with Crippen molar-refractivity contribution in [2.24, 2.45) is 0 Å². The summed E-state index contributed by atoms with van der Waals surface area (Å²) < 4.78 is 11.3. The number of nitrogens with one attached hydrogen (secondary N) is 1. The van der Waals surface area contributed by atoms with E-state index in [0.29, 0.717) is 0 Å². The molecule has 3 aromatic heterocycles. The zero-order valence-corrected chi connectivity index (χ0v) is 15.3. The third kappa shape index (κ3) is 4.00. The summed E-state index contributed by atoms with van der Waals surface area (Å²) in [4.78, 5) is 13.4. The normalized spacial score (nSPS) is 15.0. The maximum absolute atomic E-state index is 5.96. The molecule has 0 bridgehead atoms. The van der Waals surface area contributed by atoms with E-state index in [1.54, 1.807) is 12.4 Å². The van der Waals surface area contributed by atoms with Gasteiger partial charge in [0.2, 0.25) is 0 Å². The van der Waals surface area contributed by atoms with E-state index in [2.05, 4.69) is 20.3 Å². The fraction of sp³-hybridized carbons (Fsp3) is 0.316. The number of pyridine rings is 2. The molecule has 0 spiro atoms. The largest absolute Gasteiger partial charge is 0.489 e. The van der Waals surface area contributed by atoms with Crippen molar-refractivity contribution < 1.29 is 9.47 Å². The molecule has 4 heterocycles. The molecule has 0 atom stereocenters. The van der Waals surface area contributed by atoms with E-state index in [-0.39, 0.29) is 6.10 Å². The second-order valence-electron chi connectivity index (χ2n) is 6.14. The number of aryl methyl sites for hydroxylation is 1. The van der Waals surface area contributed by atoms with Gasteiger partial charge in [-0.1, -0.05) is 6.07 Å². The maximum atomic E-state index is 5.96. The summed E-state index contributed by atoms with van der Waals surface area (Å²) in [5, 5.41) is 6.05. The van der Waals surface area contributed by atoms with Gasteiger partial charge in [-0.3, -0.25) is 4.98 Å². The van der Waals surface area contributed by atoms with Gasteiger partial charge in [0, 0.05) is 24.4 Å². The molecule has 0 aliphatic carbocycles. The van der Waals surface area contributed by atoms with Crippen molar-refractivity contribution >= 4 is 22.3 Å². The fourth-order valence-corrected chi connectivity index (χ4v) is 3.46. The Labute approximate surface area is 156 Å². The predicted molar refractivity (Wildman–Crippen MR) is 102 cm³/mol. The van der Waals surface area contributed by atoms with Crippen molar-refractivity contribution in [2.45, 2.75) is 25.9 Å². The zero-order valence-electron chi connectivity index (χ0n) is 14.5. The Hall–Kier alpha value is -2.51. The third-order valence-electron chi connectivity index (χ3n) is 4.21. The van der Waals surface area contributed by atoms with Gasteiger partial charge in [0.25, 0.3) is 0 Å². The molecule has 3 aromatic rings. The highest BCUT2D eigenvalue weighted by Crippen LogP contribution is 2.27. The highest BCUT2D eigenvalue weighted by atomic mass is 32.1. The van der Waals surface area contributed by atoms with Crippen LogP contribution in [0.15, 0.2) is 42.0 Å². The lowest BCUT2D eigenvalue weighted by Gasteiger charge is -2.23. The van der Waals surface area contributed by atoms with Gasteiger partial charge in [-0.15, -0.1) is 11.3 Å². The van der Waals surface area contributed by atoms with Crippen LogP contribution in [-0.4, -0.2) is 34.3 Å². The summed E-state index contributed by atoms with van der Waals surface area (Å²) in [6.07, 6.45) is 5.60. The van der Waals surface area contributed by atoms with E-state index < -0.39 is 0 Å². The molecule has 134 valence electrons. The number of hydrogen-bond donors (Lipinski definition) is 1. The van der Waals surface area contributed by atoms with Crippen molar-refractivity contribution in [1.82, 2.24) is 15.0 Å². The first-order chi connectivity index (χ1) is 12.8. The Morgan fingerprint density at radius 1 is 1.15 bits per heavy atom. The van der Waals surface area contributed by atoms with Crippen LogP contribution < -0.4 is 10.1 Å². The van der Waals surface area contributed by atoms with Gasteiger partial charge < -0.3 is 14.8 Å². The highest BCUT2D eigenvalue weighted by molar-refractivity contribution is 7.14. The van der Waals surface area contributed by atoms with E-state index in [1.165, 1.54) is 11.3 Å². The van der Waals surface area contributed by atoms with Crippen molar-refractivity contribution in [3.63, 3.8) is 0 Å². The average Bonchev–Trinajstić information content (AvgIpc) is 3.14. The Balaban J connectivity index is 1.43. The molecule has 0 aromatic carbocycles. The van der Waals surface area contributed by atoms with Gasteiger partial charge in [-0.05, 0) is 30.7 Å². The highest BCUT2D eigenvalue weighted by Gasteiger charge is 2.15. The molecule has 0 amide bonds. The first-order valence-electron chi connectivity index (χ1n) is 8.63. The van der Waals surface area contributed by atoms with Crippen LogP contribution in [0, 0.1) is 6.92 Å². The molecule has 0 unspecified atom stereocenters. The quantitative estimate of drug-likeness (QED) is 0.727. The first-order valence-corrected chi connectivity index (χ1v) is 9.51. The van der Waals surface area contributed by atoms with Gasteiger partial charge in [-0.25, -0.2) is 9.97 Å². The number of anilines is 2. The molecule has 1 saturated heterocycles. The number of nitrogens with zero attached hydrogens (tertiary/aromatic N) is 3. The Morgan fingerprint density at radius 2 is 2.04 bits per heavy atom. The summed E-state index contributed by atoms with van der Waals surface area (Å²) in [6, 6.07) is 7.83. The molecular weight excluding hydrogens is 348 g/mol. The second-order valence-corrected chi connectivity index (χ2v) is 7.00. The lowest BCUT2D eigenvalue weighted by atomic mass is 10.1. The number of aromatic nitrogens is 3. The topological polar surface area (TPSA) is 69.2 Å². The summed E-state index contributed by atoms with van der Waals surface area (Å²) in [6.45, 7) is 3.55. The Kier molecular flexibility index (Phi) is 5.08. The van der Waals surface area contributed by atoms with Crippen LogP contribution in [0.2, 0.25) is 0 Å². The number of hydrogen-bond acceptors (Lipinski definition) is 7. The van der Waals surface area contributed by atoms with E-state index in [0.717, 1.165) is 59.7 Å². The van der Waals surface area contributed by atoms with E-state index in [9.17, 15) is 0 Å². The second kappa shape index (κ2) is 7.80. The Bertz CT molecular complexity index is 860. The lowest BCUT2D eigenvalue weighted by Crippen LogP contribution is -2.25. The average molecular weight is 368 g/mol. The fourth-order valence-electron chi connectivity index (χ4n) is 2.75. The van der Waals surface area contributed by atoms with Crippen LogP contribution in [0.25, 0.3) is 11.4 Å². The first kappa shape index (κ1) is 16.9. The van der Waals surface area contributed by atoms with Crippen molar-refractivity contribution in [1.29, 1.82) is 0 Å². The van der Waals surface area contributed by atoms with Crippen LogP contribution >= 0.6 is 11.3 Å². The molecule has 1 fully saturated rings. The van der Waals surface area contributed by atoms with E-state index in [1.807, 2.05) is 36.6 Å². The van der Waals surface area contributed by atoms with Crippen molar-refractivity contribution in [2.75, 3.05) is 18.5 Å². The number of thiazole rings is 1. The number of ether oxygens (including phenoxy) is 2. The molecule has 1 N–H and O–H groups in total.